The Labute approximate surface area is 167 Å². The van der Waals surface area contributed by atoms with Crippen molar-refractivity contribution < 1.29 is 14.3 Å². The van der Waals surface area contributed by atoms with E-state index in [1.807, 2.05) is 36.4 Å². The fourth-order valence-corrected chi connectivity index (χ4v) is 2.88. The molecular formula is C21H19N5O3. The SMILES string of the molecule is COc1ccc(-c2ccc3nnc(CNC(=O)c4cccc(OC)c4)n3n2)cc1. The molecule has 0 unspecified atom stereocenters. The molecule has 4 rings (SSSR count). The van der Waals surface area contributed by atoms with Crippen LogP contribution < -0.4 is 14.8 Å². The van der Waals surface area contributed by atoms with E-state index in [0.717, 1.165) is 17.0 Å². The summed E-state index contributed by atoms with van der Waals surface area (Å²) >= 11 is 0. The smallest absolute Gasteiger partial charge is 0.251 e. The minimum atomic E-state index is -0.230. The summed E-state index contributed by atoms with van der Waals surface area (Å²) in [7, 11) is 3.19. The van der Waals surface area contributed by atoms with Crippen molar-refractivity contribution in [1.29, 1.82) is 0 Å². The molecule has 8 nitrogen and oxygen atoms in total. The van der Waals surface area contributed by atoms with Gasteiger partial charge < -0.3 is 14.8 Å². The van der Waals surface area contributed by atoms with Gasteiger partial charge in [0.1, 0.15) is 11.5 Å². The summed E-state index contributed by atoms with van der Waals surface area (Å²) in [6.45, 7) is 0.191. The van der Waals surface area contributed by atoms with Crippen LogP contribution in [0.25, 0.3) is 16.9 Å². The topological polar surface area (TPSA) is 90.6 Å². The van der Waals surface area contributed by atoms with Gasteiger partial charge in [0.25, 0.3) is 5.91 Å². The first-order valence-electron chi connectivity index (χ1n) is 8.96. The molecule has 0 aliphatic carbocycles. The maximum absolute atomic E-state index is 12.4. The van der Waals surface area contributed by atoms with E-state index in [1.165, 1.54) is 0 Å². The molecule has 0 atom stereocenters. The van der Waals surface area contributed by atoms with E-state index < -0.39 is 0 Å². The Balaban J connectivity index is 1.55. The summed E-state index contributed by atoms with van der Waals surface area (Å²) in [5.41, 5.74) is 2.81. The Morgan fingerprint density at radius 2 is 1.76 bits per heavy atom. The maximum Gasteiger partial charge on any atom is 0.251 e. The molecule has 0 bridgehead atoms. The lowest BCUT2D eigenvalue weighted by atomic mass is 10.1. The van der Waals surface area contributed by atoms with Crippen molar-refractivity contribution in [3.63, 3.8) is 0 Å². The van der Waals surface area contributed by atoms with E-state index in [0.29, 0.717) is 22.8 Å². The number of amides is 1. The Morgan fingerprint density at radius 3 is 2.52 bits per heavy atom. The zero-order valence-electron chi connectivity index (χ0n) is 16.0. The van der Waals surface area contributed by atoms with Gasteiger partial charge in [-0.3, -0.25) is 4.79 Å². The van der Waals surface area contributed by atoms with E-state index in [-0.39, 0.29) is 12.5 Å². The molecule has 8 heteroatoms. The summed E-state index contributed by atoms with van der Waals surface area (Å²) in [5, 5.41) is 15.7. The summed E-state index contributed by atoms with van der Waals surface area (Å²) in [6.07, 6.45) is 0. The first-order valence-corrected chi connectivity index (χ1v) is 8.96. The lowest BCUT2D eigenvalue weighted by Crippen LogP contribution is -2.24. The van der Waals surface area contributed by atoms with E-state index in [1.54, 1.807) is 43.0 Å². The molecule has 4 aromatic rings. The fourth-order valence-electron chi connectivity index (χ4n) is 2.88. The van der Waals surface area contributed by atoms with Crippen molar-refractivity contribution in [2.24, 2.45) is 0 Å². The standard InChI is InChI=1S/C21H19N5O3/c1-28-16-8-6-14(7-9-16)18-10-11-19-23-24-20(26(19)25-18)13-22-21(27)15-4-3-5-17(12-15)29-2/h3-12H,13H2,1-2H3,(H,22,27). The van der Waals surface area contributed by atoms with Crippen molar-refractivity contribution in [2.75, 3.05) is 14.2 Å². The third kappa shape index (κ3) is 3.86. The second-order valence-electron chi connectivity index (χ2n) is 6.25. The molecule has 2 heterocycles. The minimum absolute atomic E-state index is 0.191. The molecule has 0 saturated heterocycles. The summed E-state index contributed by atoms with van der Waals surface area (Å²) < 4.78 is 12.0. The van der Waals surface area contributed by atoms with Gasteiger partial charge in [-0.25, -0.2) is 0 Å². The van der Waals surface area contributed by atoms with Gasteiger partial charge in [-0.05, 0) is 54.6 Å². The number of hydrogen-bond acceptors (Lipinski definition) is 6. The van der Waals surface area contributed by atoms with Crippen molar-refractivity contribution in [1.82, 2.24) is 25.1 Å². The minimum Gasteiger partial charge on any atom is -0.497 e. The highest BCUT2D eigenvalue weighted by Gasteiger charge is 2.12. The highest BCUT2D eigenvalue weighted by atomic mass is 16.5. The molecule has 146 valence electrons. The molecule has 0 radical (unpaired) electrons. The molecule has 2 aromatic heterocycles. The number of hydrogen-bond donors (Lipinski definition) is 1. The van der Waals surface area contributed by atoms with Gasteiger partial charge >= 0.3 is 0 Å². The van der Waals surface area contributed by atoms with E-state index in [9.17, 15) is 4.79 Å². The van der Waals surface area contributed by atoms with Crippen LogP contribution in [-0.2, 0) is 6.54 Å². The van der Waals surface area contributed by atoms with Crippen LogP contribution in [-0.4, -0.2) is 39.9 Å². The van der Waals surface area contributed by atoms with Crippen molar-refractivity contribution in [3.8, 4) is 22.8 Å². The Kier molecular flexibility index (Phi) is 5.07. The average molecular weight is 389 g/mol. The summed E-state index contributed by atoms with van der Waals surface area (Å²) in [5.74, 6) is 1.70. The van der Waals surface area contributed by atoms with Gasteiger partial charge in [-0.15, -0.1) is 10.2 Å². The third-order valence-corrected chi connectivity index (χ3v) is 4.45. The molecule has 1 N–H and O–H groups in total. The second kappa shape index (κ2) is 7.97. The van der Waals surface area contributed by atoms with E-state index in [4.69, 9.17) is 9.47 Å². The van der Waals surface area contributed by atoms with Crippen molar-refractivity contribution in [2.45, 2.75) is 6.54 Å². The highest BCUT2D eigenvalue weighted by Crippen LogP contribution is 2.21. The second-order valence-corrected chi connectivity index (χ2v) is 6.25. The predicted octanol–water partition coefficient (Wildman–Crippen LogP) is 2.74. The van der Waals surface area contributed by atoms with Gasteiger partial charge in [0.05, 0.1) is 26.5 Å². The largest absolute Gasteiger partial charge is 0.497 e. The van der Waals surface area contributed by atoms with Gasteiger partial charge in [0, 0.05) is 11.1 Å². The van der Waals surface area contributed by atoms with Gasteiger partial charge in [0.15, 0.2) is 11.5 Å². The van der Waals surface area contributed by atoms with Crippen LogP contribution in [0.4, 0.5) is 0 Å². The quantitative estimate of drug-likeness (QED) is 0.545. The molecule has 0 saturated carbocycles. The summed E-state index contributed by atoms with van der Waals surface area (Å²) in [6, 6.07) is 18.3. The third-order valence-electron chi connectivity index (χ3n) is 4.45. The van der Waals surface area contributed by atoms with Gasteiger partial charge in [-0.2, -0.15) is 9.61 Å². The number of carbonyl (C=O) groups excluding carboxylic acids is 1. The molecular weight excluding hydrogens is 370 g/mol. The number of methoxy groups -OCH3 is 2. The van der Waals surface area contributed by atoms with Crippen LogP contribution in [0.1, 0.15) is 16.2 Å². The Hall–Kier alpha value is -3.94. The van der Waals surface area contributed by atoms with Crippen LogP contribution in [0.5, 0.6) is 11.5 Å². The Bertz CT molecular complexity index is 1150. The predicted molar refractivity (Wildman–Crippen MR) is 107 cm³/mol. The normalized spacial score (nSPS) is 10.7. The lowest BCUT2D eigenvalue weighted by Gasteiger charge is -2.07. The molecule has 0 aliphatic heterocycles. The van der Waals surface area contributed by atoms with Crippen molar-refractivity contribution >= 4 is 11.6 Å². The van der Waals surface area contributed by atoms with Crippen LogP contribution >= 0.6 is 0 Å². The number of benzene rings is 2. The number of fused-ring (bicyclic) bond motifs is 1. The zero-order chi connectivity index (χ0) is 20.2. The number of aromatic nitrogens is 4. The summed E-state index contributed by atoms with van der Waals surface area (Å²) in [4.78, 5) is 12.4. The monoisotopic (exact) mass is 389 g/mol. The number of ether oxygens (including phenoxy) is 2. The molecule has 2 aromatic carbocycles. The molecule has 0 aliphatic rings. The molecule has 0 fully saturated rings. The van der Waals surface area contributed by atoms with E-state index in [2.05, 4.69) is 20.6 Å². The Morgan fingerprint density at radius 1 is 0.966 bits per heavy atom. The number of nitrogens with zero attached hydrogens (tertiary/aromatic N) is 4. The fraction of sp³-hybridized carbons (Fsp3) is 0.143. The number of rotatable bonds is 6. The first kappa shape index (κ1) is 18.4. The van der Waals surface area contributed by atoms with Gasteiger partial charge in [0.2, 0.25) is 0 Å². The number of nitrogens with one attached hydrogen (secondary N) is 1. The first-order chi connectivity index (χ1) is 14.2. The van der Waals surface area contributed by atoms with Crippen LogP contribution in [0.2, 0.25) is 0 Å². The zero-order valence-corrected chi connectivity index (χ0v) is 16.0. The lowest BCUT2D eigenvalue weighted by molar-refractivity contribution is 0.0949. The van der Waals surface area contributed by atoms with Crippen LogP contribution in [0.3, 0.4) is 0 Å². The molecule has 0 spiro atoms. The van der Waals surface area contributed by atoms with E-state index >= 15 is 0 Å². The molecule has 29 heavy (non-hydrogen) atoms. The maximum atomic E-state index is 12.4. The van der Waals surface area contributed by atoms with Crippen LogP contribution in [0.15, 0.2) is 60.7 Å². The highest BCUT2D eigenvalue weighted by molar-refractivity contribution is 5.94. The average Bonchev–Trinajstić information content (AvgIpc) is 3.19. The van der Waals surface area contributed by atoms with Gasteiger partial charge in [-0.1, -0.05) is 6.07 Å². The molecule has 1 amide bonds. The van der Waals surface area contributed by atoms with Crippen molar-refractivity contribution in [3.05, 3.63) is 72.1 Å². The van der Waals surface area contributed by atoms with Crippen LogP contribution in [0, 0.1) is 0 Å². The number of carbonyl (C=O) groups is 1.